The van der Waals surface area contributed by atoms with Gasteiger partial charge in [0.1, 0.15) is 4.47 Å². The van der Waals surface area contributed by atoms with E-state index in [2.05, 4.69) is 31.7 Å². The largest absolute Gasteiger partial charge is 0.378 e. The summed E-state index contributed by atoms with van der Waals surface area (Å²) in [5.74, 6) is 0. The summed E-state index contributed by atoms with van der Waals surface area (Å²) in [4.78, 5) is 11.9. The molecule has 1 aromatic rings. The first-order chi connectivity index (χ1) is 8.67. The number of rotatable bonds is 4. The van der Waals surface area contributed by atoms with Crippen molar-refractivity contribution in [1.29, 1.82) is 0 Å². The number of hydrogen-bond donors (Lipinski definition) is 2. The molecule has 0 saturated carbocycles. The molecule has 2 atom stereocenters. The number of nitrogens with zero attached hydrogens (tertiary/aromatic N) is 2. The Morgan fingerprint density at radius 2 is 2.44 bits per heavy atom. The van der Waals surface area contributed by atoms with Crippen LogP contribution in [0.3, 0.4) is 0 Å². The first kappa shape index (κ1) is 13.5. The van der Waals surface area contributed by atoms with E-state index in [1.54, 1.807) is 13.3 Å². The van der Waals surface area contributed by atoms with Crippen molar-refractivity contribution < 1.29 is 4.74 Å². The summed E-state index contributed by atoms with van der Waals surface area (Å²) in [6.07, 6.45) is 1.77. The van der Waals surface area contributed by atoms with Crippen LogP contribution in [0, 0.1) is 0 Å². The molecule has 2 N–H and O–H groups in total. The fraction of sp³-hybridized carbons (Fsp3) is 0.636. The highest BCUT2D eigenvalue weighted by Crippen LogP contribution is 2.19. The van der Waals surface area contributed by atoms with Gasteiger partial charge >= 0.3 is 0 Å². The van der Waals surface area contributed by atoms with Gasteiger partial charge in [0.15, 0.2) is 0 Å². The summed E-state index contributed by atoms with van der Waals surface area (Å²) in [6.45, 7) is 4.06. The van der Waals surface area contributed by atoms with Gasteiger partial charge in [0.2, 0.25) is 0 Å². The normalized spacial score (nSPS) is 23.3. The molecule has 1 fully saturated rings. The zero-order valence-electron chi connectivity index (χ0n) is 10.4. The van der Waals surface area contributed by atoms with Crippen LogP contribution in [-0.4, -0.2) is 42.1 Å². The van der Waals surface area contributed by atoms with Gasteiger partial charge in [-0.1, -0.05) is 0 Å². The van der Waals surface area contributed by atoms with Crippen molar-refractivity contribution >= 4 is 21.6 Å². The lowest BCUT2D eigenvalue weighted by Crippen LogP contribution is -2.35. The van der Waals surface area contributed by atoms with E-state index in [9.17, 15) is 4.79 Å². The van der Waals surface area contributed by atoms with Gasteiger partial charge in [-0.25, -0.2) is 4.68 Å². The van der Waals surface area contributed by atoms with Crippen molar-refractivity contribution in [3.8, 4) is 0 Å². The van der Waals surface area contributed by atoms with E-state index in [-0.39, 0.29) is 17.7 Å². The molecule has 1 unspecified atom stereocenters. The van der Waals surface area contributed by atoms with Crippen molar-refractivity contribution in [2.75, 3.05) is 25.5 Å². The Kier molecular flexibility index (Phi) is 4.36. The maximum Gasteiger partial charge on any atom is 0.283 e. The summed E-state index contributed by atoms with van der Waals surface area (Å²) in [7, 11) is 1.69. The molecule has 0 aromatic carbocycles. The number of aromatic nitrogens is 2. The van der Waals surface area contributed by atoms with Crippen molar-refractivity contribution in [3.63, 3.8) is 0 Å². The molecule has 1 aliphatic heterocycles. The third-order valence-corrected chi connectivity index (χ3v) is 3.85. The van der Waals surface area contributed by atoms with Gasteiger partial charge in [0.25, 0.3) is 5.56 Å². The number of aryl methyl sites for hydroxylation is 1. The van der Waals surface area contributed by atoms with Gasteiger partial charge in [-0.05, 0) is 22.9 Å². The Morgan fingerprint density at radius 1 is 1.67 bits per heavy atom. The first-order valence-electron chi connectivity index (χ1n) is 5.93. The Labute approximate surface area is 114 Å². The lowest BCUT2D eigenvalue weighted by Gasteiger charge is -2.20. The summed E-state index contributed by atoms with van der Waals surface area (Å²) >= 11 is 3.32. The van der Waals surface area contributed by atoms with Crippen LogP contribution in [0.5, 0.6) is 0 Å². The second-order valence-electron chi connectivity index (χ2n) is 4.18. The van der Waals surface area contributed by atoms with Crippen molar-refractivity contribution in [1.82, 2.24) is 15.1 Å². The first-order valence-corrected chi connectivity index (χ1v) is 6.72. The molecule has 0 amide bonds. The Morgan fingerprint density at radius 3 is 3.11 bits per heavy atom. The number of methoxy groups -OCH3 is 1. The zero-order valence-corrected chi connectivity index (χ0v) is 12.0. The molecular weight excluding hydrogens is 300 g/mol. The summed E-state index contributed by atoms with van der Waals surface area (Å²) in [6, 6.07) is 0.143. The highest BCUT2D eigenvalue weighted by Gasteiger charge is 2.27. The van der Waals surface area contributed by atoms with Crippen LogP contribution < -0.4 is 16.2 Å². The Balaban J connectivity index is 2.19. The molecular formula is C11H17BrN4O2. The van der Waals surface area contributed by atoms with Crippen molar-refractivity contribution in [2.45, 2.75) is 25.6 Å². The predicted molar refractivity (Wildman–Crippen MR) is 72.9 cm³/mol. The number of anilines is 1. The van der Waals surface area contributed by atoms with Crippen LogP contribution in [0.2, 0.25) is 0 Å². The van der Waals surface area contributed by atoms with Gasteiger partial charge in [-0.2, -0.15) is 5.10 Å². The van der Waals surface area contributed by atoms with Gasteiger partial charge in [-0.3, -0.25) is 4.79 Å². The standard InChI is InChI=1S/C11H17BrN4O2/c1-3-16-11(17)10(12)8(5-14-16)15-7-4-13-6-9(7)18-2/h5,7,9,13,15H,3-4,6H2,1-2H3/t7?,9-/m0/s1. The molecule has 0 radical (unpaired) electrons. The van der Waals surface area contributed by atoms with Crippen molar-refractivity contribution in [2.24, 2.45) is 0 Å². The zero-order chi connectivity index (χ0) is 13.1. The molecule has 0 spiro atoms. The Bertz CT molecular complexity index is 477. The highest BCUT2D eigenvalue weighted by molar-refractivity contribution is 9.10. The Hall–Kier alpha value is -0.920. The van der Waals surface area contributed by atoms with Crippen LogP contribution in [0.4, 0.5) is 5.69 Å². The second kappa shape index (κ2) is 5.81. The molecule has 6 nitrogen and oxygen atoms in total. The number of halogens is 1. The van der Waals surface area contributed by atoms with Gasteiger partial charge in [-0.15, -0.1) is 0 Å². The maximum absolute atomic E-state index is 11.9. The van der Waals surface area contributed by atoms with E-state index < -0.39 is 0 Å². The molecule has 0 bridgehead atoms. The maximum atomic E-state index is 11.9. The fourth-order valence-corrected chi connectivity index (χ4v) is 2.46. The van der Waals surface area contributed by atoms with E-state index >= 15 is 0 Å². The lowest BCUT2D eigenvalue weighted by atomic mass is 10.2. The van der Waals surface area contributed by atoms with Crippen LogP contribution >= 0.6 is 15.9 Å². The topological polar surface area (TPSA) is 68.2 Å². The molecule has 2 rings (SSSR count). The third-order valence-electron chi connectivity index (χ3n) is 3.09. The van der Waals surface area contributed by atoms with E-state index in [0.29, 0.717) is 16.7 Å². The summed E-state index contributed by atoms with van der Waals surface area (Å²) in [5.41, 5.74) is 0.586. The highest BCUT2D eigenvalue weighted by atomic mass is 79.9. The molecule has 2 heterocycles. The lowest BCUT2D eigenvalue weighted by molar-refractivity contribution is 0.111. The van der Waals surface area contributed by atoms with E-state index in [4.69, 9.17) is 4.74 Å². The average molecular weight is 317 g/mol. The van der Waals surface area contributed by atoms with E-state index in [1.165, 1.54) is 4.68 Å². The van der Waals surface area contributed by atoms with Crippen LogP contribution in [0.15, 0.2) is 15.5 Å². The molecule has 0 aliphatic carbocycles. The summed E-state index contributed by atoms with van der Waals surface area (Å²) < 4.78 is 7.29. The monoisotopic (exact) mass is 316 g/mol. The molecule has 1 aromatic heterocycles. The van der Waals surface area contributed by atoms with E-state index in [1.807, 2.05) is 6.92 Å². The molecule has 1 saturated heterocycles. The number of ether oxygens (including phenoxy) is 1. The predicted octanol–water partition coefficient (Wildman–Crippen LogP) is 0.424. The quantitative estimate of drug-likeness (QED) is 0.843. The SMILES string of the molecule is CCn1ncc(NC2CNC[C@@H]2OC)c(Br)c1=O. The van der Waals surface area contributed by atoms with E-state index in [0.717, 1.165) is 13.1 Å². The molecule has 1 aliphatic rings. The minimum Gasteiger partial charge on any atom is -0.378 e. The minimum absolute atomic E-state index is 0.102. The van der Waals surface area contributed by atoms with Gasteiger partial charge < -0.3 is 15.4 Å². The smallest absolute Gasteiger partial charge is 0.283 e. The van der Waals surface area contributed by atoms with Crippen LogP contribution in [0.1, 0.15) is 6.92 Å². The molecule has 18 heavy (non-hydrogen) atoms. The minimum atomic E-state index is -0.123. The number of nitrogens with one attached hydrogen (secondary N) is 2. The van der Waals surface area contributed by atoms with Gasteiger partial charge in [0.05, 0.1) is 24.0 Å². The average Bonchev–Trinajstić information content (AvgIpc) is 2.82. The fourth-order valence-electron chi connectivity index (χ4n) is 2.04. The molecule has 100 valence electrons. The van der Waals surface area contributed by atoms with Crippen LogP contribution in [-0.2, 0) is 11.3 Å². The third kappa shape index (κ3) is 2.57. The summed E-state index contributed by atoms with van der Waals surface area (Å²) in [5, 5.41) is 10.6. The second-order valence-corrected chi connectivity index (χ2v) is 4.97. The number of hydrogen-bond acceptors (Lipinski definition) is 5. The molecule has 7 heteroatoms. The van der Waals surface area contributed by atoms with Crippen LogP contribution in [0.25, 0.3) is 0 Å². The van der Waals surface area contributed by atoms with Gasteiger partial charge in [0, 0.05) is 26.7 Å². The van der Waals surface area contributed by atoms with Crippen molar-refractivity contribution in [3.05, 3.63) is 21.0 Å².